The molecule has 1 unspecified atom stereocenters. The van der Waals surface area contributed by atoms with Crippen molar-refractivity contribution in [1.82, 2.24) is 5.32 Å². The zero-order valence-corrected chi connectivity index (χ0v) is 13.0. The molecular formula is C17H22FNS. The minimum Gasteiger partial charge on any atom is -0.310 e. The van der Waals surface area contributed by atoms with Gasteiger partial charge < -0.3 is 5.32 Å². The van der Waals surface area contributed by atoms with E-state index in [4.69, 9.17) is 0 Å². The highest BCUT2D eigenvalue weighted by molar-refractivity contribution is 7.09. The molecule has 2 rings (SSSR count). The molecule has 1 heterocycles. The normalized spacial score (nSPS) is 12.6. The molecule has 3 heteroatoms. The number of hydrogen-bond acceptors (Lipinski definition) is 2. The molecular weight excluding hydrogens is 269 g/mol. The SMILES string of the molecule is CCCNC(CCc1cccs1)c1cccc(C)c1F. The third-order valence-electron chi connectivity index (χ3n) is 3.50. The molecule has 1 aromatic carbocycles. The maximum Gasteiger partial charge on any atom is 0.130 e. The zero-order chi connectivity index (χ0) is 14.4. The van der Waals surface area contributed by atoms with Gasteiger partial charge in [0, 0.05) is 16.5 Å². The van der Waals surface area contributed by atoms with Crippen LogP contribution in [0.25, 0.3) is 0 Å². The number of hydrogen-bond donors (Lipinski definition) is 1. The Kier molecular flexibility index (Phi) is 5.74. The molecule has 108 valence electrons. The summed E-state index contributed by atoms with van der Waals surface area (Å²) in [6, 6.07) is 9.99. The number of thiophene rings is 1. The van der Waals surface area contributed by atoms with Gasteiger partial charge in [-0.3, -0.25) is 0 Å². The first-order chi connectivity index (χ1) is 9.72. The van der Waals surface area contributed by atoms with Gasteiger partial charge in [0.1, 0.15) is 5.82 Å². The molecule has 0 aliphatic heterocycles. The van der Waals surface area contributed by atoms with Crippen LogP contribution in [0.1, 0.15) is 41.8 Å². The van der Waals surface area contributed by atoms with Crippen LogP contribution in [0.4, 0.5) is 4.39 Å². The van der Waals surface area contributed by atoms with Crippen molar-refractivity contribution in [1.29, 1.82) is 0 Å². The standard InChI is InChI=1S/C17H22FNS/c1-3-11-19-16(10-9-14-7-5-12-20-14)15-8-4-6-13(2)17(15)18/h4-8,12,16,19H,3,9-11H2,1-2H3. The van der Waals surface area contributed by atoms with Crippen LogP contribution in [0.15, 0.2) is 35.7 Å². The third-order valence-corrected chi connectivity index (χ3v) is 4.43. The molecule has 0 bridgehead atoms. The van der Waals surface area contributed by atoms with E-state index in [9.17, 15) is 4.39 Å². The first kappa shape index (κ1) is 15.2. The molecule has 0 radical (unpaired) electrons. The fourth-order valence-corrected chi connectivity index (χ4v) is 3.09. The molecule has 2 aromatic rings. The van der Waals surface area contributed by atoms with Gasteiger partial charge in [-0.1, -0.05) is 31.2 Å². The Labute approximate surface area is 124 Å². The summed E-state index contributed by atoms with van der Waals surface area (Å²) in [6.07, 6.45) is 2.98. The van der Waals surface area contributed by atoms with Crippen molar-refractivity contribution in [2.75, 3.05) is 6.54 Å². The molecule has 0 aliphatic carbocycles. The van der Waals surface area contributed by atoms with Crippen molar-refractivity contribution < 1.29 is 4.39 Å². The van der Waals surface area contributed by atoms with Gasteiger partial charge in [0.05, 0.1) is 0 Å². The molecule has 1 N–H and O–H groups in total. The lowest BCUT2D eigenvalue weighted by Gasteiger charge is -2.20. The molecule has 1 nitrogen and oxygen atoms in total. The quantitative estimate of drug-likeness (QED) is 0.767. The maximum absolute atomic E-state index is 14.3. The van der Waals surface area contributed by atoms with Crippen molar-refractivity contribution in [2.24, 2.45) is 0 Å². The summed E-state index contributed by atoms with van der Waals surface area (Å²) < 4.78 is 14.3. The number of halogens is 1. The minimum atomic E-state index is -0.0627. The summed E-state index contributed by atoms with van der Waals surface area (Å²) in [7, 11) is 0. The van der Waals surface area contributed by atoms with Gasteiger partial charge >= 0.3 is 0 Å². The molecule has 0 spiro atoms. The Morgan fingerprint density at radius 2 is 2.10 bits per heavy atom. The zero-order valence-electron chi connectivity index (χ0n) is 12.2. The van der Waals surface area contributed by atoms with Crippen LogP contribution in [0, 0.1) is 12.7 Å². The van der Waals surface area contributed by atoms with E-state index in [1.807, 2.05) is 25.1 Å². The molecule has 0 amide bonds. The van der Waals surface area contributed by atoms with Crippen LogP contribution < -0.4 is 5.32 Å². The van der Waals surface area contributed by atoms with Crippen LogP contribution in [-0.2, 0) is 6.42 Å². The molecule has 0 aliphatic rings. The van der Waals surface area contributed by atoms with E-state index >= 15 is 0 Å². The summed E-state index contributed by atoms with van der Waals surface area (Å²) in [5.74, 6) is -0.0627. The first-order valence-electron chi connectivity index (χ1n) is 7.23. The van der Waals surface area contributed by atoms with Crippen LogP contribution in [0.3, 0.4) is 0 Å². The number of rotatable bonds is 7. The van der Waals surface area contributed by atoms with E-state index in [1.54, 1.807) is 11.3 Å². The van der Waals surface area contributed by atoms with Gasteiger partial charge in [-0.25, -0.2) is 4.39 Å². The van der Waals surface area contributed by atoms with E-state index < -0.39 is 0 Å². The molecule has 1 atom stereocenters. The van der Waals surface area contributed by atoms with E-state index in [1.165, 1.54) is 4.88 Å². The highest BCUT2D eigenvalue weighted by Crippen LogP contribution is 2.25. The molecule has 0 fully saturated rings. The monoisotopic (exact) mass is 291 g/mol. The lowest BCUT2D eigenvalue weighted by molar-refractivity contribution is 0.473. The summed E-state index contributed by atoms with van der Waals surface area (Å²) in [6.45, 7) is 4.88. The number of aryl methyl sites for hydroxylation is 2. The topological polar surface area (TPSA) is 12.0 Å². The minimum absolute atomic E-state index is 0.0627. The van der Waals surface area contributed by atoms with E-state index in [2.05, 4.69) is 29.8 Å². The maximum atomic E-state index is 14.3. The second-order valence-corrected chi connectivity index (χ2v) is 6.14. The highest BCUT2D eigenvalue weighted by Gasteiger charge is 2.16. The van der Waals surface area contributed by atoms with Crippen molar-refractivity contribution in [3.63, 3.8) is 0 Å². The second-order valence-electron chi connectivity index (χ2n) is 5.10. The van der Waals surface area contributed by atoms with E-state index in [-0.39, 0.29) is 11.9 Å². The smallest absolute Gasteiger partial charge is 0.130 e. The van der Waals surface area contributed by atoms with Crippen molar-refractivity contribution in [2.45, 2.75) is 39.2 Å². The van der Waals surface area contributed by atoms with Gasteiger partial charge in [0.15, 0.2) is 0 Å². The molecule has 20 heavy (non-hydrogen) atoms. The van der Waals surface area contributed by atoms with Crippen LogP contribution in [0.5, 0.6) is 0 Å². The van der Waals surface area contributed by atoms with Crippen molar-refractivity contribution >= 4 is 11.3 Å². The third kappa shape index (κ3) is 3.90. The Balaban J connectivity index is 2.11. The molecule has 1 aromatic heterocycles. The summed E-state index contributed by atoms with van der Waals surface area (Å²) in [4.78, 5) is 1.36. The van der Waals surface area contributed by atoms with Crippen LogP contribution in [0.2, 0.25) is 0 Å². The van der Waals surface area contributed by atoms with Gasteiger partial charge in [-0.15, -0.1) is 11.3 Å². The summed E-state index contributed by atoms with van der Waals surface area (Å²) in [5, 5.41) is 5.58. The lowest BCUT2D eigenvalue weighted by atomic mass is 9.98. The Morgan fingerprint density at radius 3 is 2.80 bits per heavy atom. The van der Waals surface area contributed by atoms with Gasteiger partial charge in [0.25, 0.3) is 0 Å². The largest absolute Gasteiger partial charge is 0.310 e. The predicted molar refractivity (Wildman–Crippen MR) is 84.8 cm³/mol. The van der Waals surface area contributed by atoms with Gasteiger partial charge in [-0.2, -0.15) is 0 Å². The van der Waals surface area contributed by atoms with Gasteiger partial charge in [-0.05, 0) is 49.7 Å². The fourth-order valence-electron chi connectivity index (χ4n) is 2.37. The van der Waals surface area contributed by atoms with E-state index in [0.29, 0.717) is 0 Å². The predicted octanol–water partition coefficient (Wildman–Crippen LogP) is 4.87. The molecule has 0 saturated heterocycles. The Morgan fingerprint density at radius 1 is 1.25 bits per heavy atom. The van der Waals surface area contributed by atoms with Crippen molar-refractivity contribution in [3.8, 4) is 0 Å². The Bertz CT molecular complexity index is 522. The highest BCUT2D eigenvalue weighted by atomic mass is 32.1. The van der Waals surface area contributed by atoms with Crippen LogP contribution >= 0.6 is 11.3 Å². The molecule has 0 saturated carbocycles. The fraction of sp³-hybridized carbons (Fsp3) is 0.412. The summed E-state index contributed by atoms with van der Waals surface area (Å²) in [5.41, 5.74) is 1.52. The van der Waals surface area contributed by atoms with Crippen molar-refractivity contribution in [3.05, 3.63) is 57.5 Å². The lowest BCUT2D eigenvalue weighted by Crippen LogP contribution is -2.23. The van der Waals surface area contributed by atoms with E-state index in [0.717, 1.165) is 36.9 Å². The van der Waals surface area contributed by atoms with Gasteiger partial charge in [0.2, 0.25) is 0 Å². The first-order valence-corrected chi connectivity index (χ1v) is 8.11. The average Bonchev–Trinajstić information content (AvgIpc) is 2.96. The summed E-state index contributed by atoms with van der Waals surface area (Å²) >= 11 is 1.77. The number of benzene rings is 1. The Hall–Kier alpha value is -1.19. The van der Waals surface area contributed by atoms with Crippen LogP contribution in [-0.4, -0.2) is 6.54 Å². The number of nitrogens with one attached hydrogen (secondary N) is 1. The average molecular weight is 291 g/mol. The second kappa shape index (κ2) is 7.55.